The molecule has 0 radical (unpaired) electrons. The minimum Gasteiger partial charge on any atom is -0.368 e. The average Bonchev–Trinajstić information content (AvgIpc) is 2.63. The van der Waals surface area contributed by atoms with Crippen molar-refractivity contribution in [3.63, 3.8) is 0 Å². The van der Waals surface area contributed by atoms with Crippen molar-refractivity contribution >= 4 is 27.4 Å². The number of nitrogens with zero attached hydrogens (tertiary/aromatic N) is 2. The fraction of sp³-hybridized carbons (Fsp3) is 0.0556. The minimum atomic E-state index is -4.79. The number of sulfonamides is 1. The number of carbonyl (C=O) groups is 1. The van der Waals surface area contributed by atoms with Gasteiger partial charge in [-0.3, -0.25) is 9.52 Å². The first-order valence-electron chi connectivity index (χ1n) is 8.05. The number of nitrogens with one attached hydrogen (secondary N) is 1. The molecule has 3 N–H and O–H groups in total. The van der Waals surface area contributed by atoms with Crippen molar-refractivity contribution in [3.05, 3.63) is 77.4 Å². The van der Waals surface area contributed by atoms with Crippen LogP contribution in [0.5, 0.6) is 0 Å². The maximum absolute atomic E-state index is 14.8. The van der Waals surface area contributed by atoms with Gasteiger partial charge in [0.15, 0.2) is 16.5 Å². The monoisotopic (exact) mass is 422 g/mol. The third-order valence-electron chi connectivity index (χ3n) is 3.80. The number of rotatable bonds is 6. The fourth-order valence-corrected chi connectivity index (χ4v) is 3.73. The smallest absolute Gasteiger partial charge is 0.267 e. The van der Waals surface area contributed by atoms with Gasteiger partial charge >= 0.3 is 0 Å². The molecule has 0 aliphatic rings. The maximum atomic E-state index is 14.8. The first-order chi connectivity index (χ1) is 13.7. The van der Waals surface area contributed by atoms with Crippen molar-refractivity contribution in [2.45, 2.75) is 11.3 Å². The predicted octanol–water partition coefficient (Wildman–Crippen LogP) is 2.70. The number of hydrogen-bond donors (Lipinski definition) is 2. The molecule has 11 heteroatoms. The summed E-state index contributed by atoms with van der Waals surface area (Å²) < 4.78 is 68.8. The van der Waals surface area contributed by atoms with Crippen molar-refractivity contribution in [1.82, 2.24) is 9.97 Å². The molecule has 0 bridgehead atoms. The summed E-state index contributed by atoms with van der Waals surface area (Å²) in [6.07, 6.45) is 1.01. The number of aromatic nitrogens is 2. The molecule has 0 aliphatic heterocycles. The molecule has 7 nitrogen and oxygen atoms in total. The van der Waals surface area contributed by atoms with E-state index in [1.54, 1.807) is 4.72 Å². The molecule has 0 saturated heterocycles. The molecule has 0 spiro atoms. The van der Waals surface area contributed by atoms with E-state index in [9.17, 15) is 26.4 Å². The van der Waals surface area contributed by atoms with Gasteiger partial charge in [0.2, 0.25) is 5.95 Å². The summed E-state index contributed by atoms with van der Waals surface area (Å²) in [7, 11) is -4.79. The summed E-state index contributed by atoms with van der Waals surface area (Å²) in [5.41, 5.74) is 4.60. The summed E-state index contributed by atoms with van der Waals surface area (Å²) in [4.78, 5) is 18.7. The van der Waals surface area contributed by atoms with E-state index in [-0.39, 0.29) is 18.1 Å². The highest BCUT2D eigenvalue weighted by Gasteiger charge is 2.26. The standard InChI is InChI=1S/C18H13F3N4O3S/c19-12-4-2-5-13(20)17(12)29(27,28)25-14-6-1-3-11(16(14)21)15(26)9-10-7-8-23-18(22)24-10/h1-8,25H,9H2,(H2,22,23,24). The van der Waals surface area contributed by atoms with Gasteiger partial charge in [-0.2, -0.15) is 0 Å². The summed E-state index contributed by atoms with van der Waals surface area (Å²) in [6.45, 7) is 0. The molecule has 0 fully saturated rings. The lowest BCUT2D eigenvalue weighted by Gasteiger charge is -2.12. The first kappa shape index (κ1) is 20.3. The van der Waals surface area contributed by atoms with Crippen LogP contribution >= 0.6 is 0 Å². The Kier molecular flexibility index (Phi) is 5.50. The highest BCUT2D eigenvalue weighted by Crippen LogP contribution is 2.25. The zero-order chi connectivity index (χ0) is 21.2. The van der Waals surface area contributed by atoms with Crippen molar-refractivity contribution < 1.29 is 26.4 Å². The van der Waals surface area contributed by atoms with E-state index in [4.69, 9.17) is 5.73 Å². The van der Waals surface area contributed by atoms with Gasteiger partial charge in [0.05, 0.1) is 23.4 Å². The van der Waals surface area contributed by atoms with E-state index in [0.29, 0.717) is 0 Å². The van der Waals surface area contributed by atoms with Crippen LogP contribution in [0.2, 0.25) is 0 Å². The van der Waals surface area contributed by atoms with Crippen molar-refractivity contribution in [2.75, 3.05) is 10.5 Å². The SMILES string of the molecule is Nc1nccc(CC(=O)c2cccc(NS(=O)(=O)c3c(F)cccc3F)c2F)n1. The quantitative estimate of drug-likeness (QED) is 0.591. The Morgan fingerprint density at radius 1 is 1.03 bits per heavy atom. The highest BCUT2D eigenvalue weighted by molar-refractivity contribution is 7.92. The summed E-state index contributed by atoms with van der Waals surface area (Å²) in [5.74, 6) is -4.65. The number of carbonyl (C=O) groups excluding carboxylic acids is 1. The van der Waals surface area contributed by atoms with Gasteiger partial charge in [-0.25, -0.2) is 31.6 Å². The van der Waals surface area contributed by atoms with Gasteiger partial charge in [-0.1, -0.05) is 12.1 Å². The Bertz CT molecular complexity index is 1180. The van der Waals surface area contributed by atoms with Gasteiger partial charge < -0.3 is 5.73 Å². The van der Waals surface area contributed by atoms with E-state index in [2.05, 4.69) is 9.97 Å². The number of halogens is 3. The van der Waals surface area contributed by atoms with Crippen molar-refractivity contribution in [1.29, 1.82) is 0 Å². The number of benzene rings is 2. The lowest BCUT2D eigenvalue weighted by atomic mass is 10.1. The van der Waals surface area contributed by atoms with Crippen molar-refractivity contribution in [3.8, 4) is 0 Å². The lowest BCUT2D eigenvalue weighted by Crippen LogP contribution is -2.18. The second kappa shape index (κ2) is 7.87. The van der Waals surface area contributed by atoms with E-state index >= 15 is 0 Å². The molecule has 3 rings (SSSR count). The Morgan fingerprint density at radius 3 is 2.34 bits per heavy atom. The molecule has 0 saturated carbocycles. The lowest BCUT2D eigenvalue weighted by molar-refractivity contribution is 0.0988. The number of nitrogen functional groups attached to an aromatic ring is 1. The van der Waals surface area contributed by atoms with E-state index in [0.717, 1.165) is 30.3 Å². The predicted molar refractivity (Wildman–Crippen MR) is 98.0 cm³/mol. The van der Waals surface area contributed by atoms with Crippen LogP contribution in [-0.4, -0.2) is 24.2 Å². The van der Waals surface area contributed by atoms with Crippen LogP contribution in [0.4, 0.5) is 24.8 Å². The van der Waals surface area contributed by atoms with E-state index in [1.165, 1.54) is 18.3 Å². The molecule has 0 amide bonds. The van der Waals surface area contributed by atoms with Gasteiger partial charge in [0.1, 0.15) is 11.6 Å². The minimum absolute atomic E-state index is 0.0656. The molecular formula is C18H13F3N4O3S. The average molecular weight is 422 g/mol. The third-order valence-corrected chi connectivity index (χ3v) is 5.22. The van der Waals surface area contributed by atoms with Gasteiger partial charge in [-0.15, -0.1) is 0 Å². The second-order valence-corrected chi connectivity index (χ2v) is 7.45. The number of hydrogen-bond acceptors (Lipinski definition) is 6. The Balaban J connectivity index is 1.92. The van der Waals surface area contributed by atoms with Gasteiger partial charge in [0.25, 0.3) is 10.0 Å². The van der Waals surface area contributed by atoms with Crippen LogP contribution < -0.4 is 10.5 Å². The van der Waals surface area contributed by atoms with Crippen LogP contribution in [0, 0.1) is 17.5 Å². The Labute approximate surface area is 163 Å². The maximum Gasteiger partial charge on any atom is 0.267 e. The molecule has 150 valence electrons. The molecule has 0 unspecified atom stereocenters. The van der Waals surface area contributed by atoms with Gasteiger partial charge in [-0.05, 0) is 30.3 Å². The zero-order valence-electron chi connectivity index (χ0n) is 14.6. The molecule has 1 heterocycles. The zero-order valence-corrected chi connectivity index (χ0v) is 15.4. The largest absolute Gasteiger partial charge is 0.368 e. The van der Waals surface area contributed by atoms with E-state index in [1.807, 2.05) is 0 Å². The molecular weight excluding hydrogens is 409 g/mol. The van der Waals surface area contributed by atoms with Gasteiger partial charge in [0, 0.05) is 6.20 Å². The number of nitrogens with two attached hydrogens (primary N) is 1. The summed E-state index contributed by atoms with van der Waals surface area (Å²) >= 11 is 0. The van der Waals surface area contributed by atoms with Crippen LogP contribution in [0.3, 0.4) is 0 Å². The third kappa shape index (κ3) is 4.35. The molecule has 0 aliphatic carbocycles. The number of anilines is 2. The van der Waals surface area contributed by atoms with Crippen molar-refractivity contribution in [2.24, 2.45) is 0 Å². The number of Topliss-reactive ketones (excluding diaryl/α,β-unsaturated/α-hetero) is 1. The molecule has 1 aromatic heterocycles. The van der Waals surface area contributed by atoms with Crippen LogP contribution in [0.1, 0.15) is 16.1 Å². The molecule has 3 aromatic rings. The summed E-state index contributed by atoms with van der Waals surface area (Å²) in [5, 5.41) is 0. The fourth-order valence-electron chi connectivity index (χ4n) is 2.53. The second-order valence-electron chi connectivity index (χ2n) is 5.83. The Morgan fingerprint density at radius 2 is 1.69 bits per heavy atom. The molecule has 29 heavy (non-hydrogen) atoms. The normalized spacial score (nSPS) is 11.3. The summed E-state index contributed by atoms with van der Waals surface area (Å²) in [6, 6.07) is 7.29. The van der Waals surface area contributed by atoms with Crippen LogP contribution in [-0.2, 0) is 16.4 Å². The van der Waals surface area contributed by atoms with E-state index < -0.39 is 49.4 Å². The number of ketones is 1. The molecule has 2 aromatic carbocycles. The Hall–Kier alpha value is -3.47. The first-order valence-corrected chi connectivity index (χ1v) is 9.53. The van der Waals surface area contributed by atoms with Crippen LogP contribution in [0.15, 0.2) is 53.6 Å². The highest BCUT2D eigenvalue weighted by atomic mass is 32.2. The molecule has 0 atom stereocenters. The topological polar surface area (TPSA) is 115 Å². The van der Waals surface area contributed by atoms with Crippen LogP contribution in [0.25, 0.3) is 0 Å².